The molecule has 1 aliphatic heterocycles. The normalized spacial score (nSPS) is 15.9. The topological polar surface area (TPSA) is 33.4 Å². The molecule has 51 heavy (non-hydrogen) atoms. The van der Waals surface area contributed by atoms with Gasteiger partial charge in [-0.1, -0.05) is 119 Å². The van der Waals surface area contributed by atoms with Crippen LogP contribution in [-0.2, 0) is 64.3 Å². The molecule has 0 amide bonds. The van der Waals surface area contributed by atoms with Gasteiger partial charge in [0.05, 0.1) is 6.04 Å². The Hall–Kier alpha value is -4.88. The number of hydrogen-bond acceptors (Lipinski definition) is 3. The number of nitrogens with zero attached hydrogens (tertiary/aromatic N) is 4. The minimum absolute atomic E-state index is 0. The Morgan fingerprint density at radius 1 is 0.647 bits per heavy atom. The van der Waals surface area contributed by atoms with Gasteiger partial charge in [-0.05, 0) is 46.2 Å². The Morgan fingerprint density at radius 3 is 1.82 bits per heavy atom. The molecule has 0 saturated heterocycles. The molecule has 2 radical (unpaired) electrons. The molecule has 0 N–H and O–H groups in total. The molecule has 0 spiro atoms. The van der Waals surface area contributed by atoms with Gasteiger partial charge in [-0.25, -0.2) is 0 Å². The summed E-state index contributed by atoms with van der Waals surface area (Å²) >= 11 is 0. The summed E-state index contributed by atoms with van der Waals surface area (Å²) in [6.45, 7) is 0.670. The number of fused-ring (bicyclic) bond motifs is 8. The first-order chi connectivity index (χ1) is 24.2. The van der Waals surface area contributed by atoms with Gasteiger partial charge in [0.1, 0.15) is 0 Å². The number of imidazole rings is 1. The SMILES string of the molecule is [Au].[Au].[C-]#Cc1ccc2c(c1)Cc1ccccc1-2.[C-]#Cc1ccc2c(c1)Cc1ccccc1-2.[C-]1=NC2C=CC=CC2N1Cn1[c-]nc2ccccc21. The monoisotopic (exact) mass is 1020 g/mol. The summed E-state index contributed by atoms with van der Waals surface area (Å²) in [7, 11) is 0. The molecule has 0 bridgehead atoms. The largest absolute Gasteiger partial charge is 0.515 e. The van der Waals surface area contributed by atoms with Gasteiger partial charge >= 0.3 is 0 Å². The van der Waals surface area contributed by atoms with Crippen LogP contribution in [-0.4, -0.2) is 32.9 Å². The molecule has 0 fully saturated rings. The smallest absolute Gasteiger partial charge is 0.0540 e. The minimum Gasteiger partial charge on any atom is -0.515 e. The van der Waals surface area contributed by atoms with Crippen molar-refractivity contribution >= 4 is 17.4 Å². The number of para-hydroxylation sites is 2. The van der Waals surface area contributed by atoms with Crippen molar-refractivity contribution in [1.29, 1.82) is 0 Å². The first-order valence-corrected chi connectivity index (χ1v) is 16.4. The number of allylic oxidation sites excluding steroid dienone is 2. The average Bonchev–Trinajstić information content (AvgIpc) is 3.95. The fourth-order valence-electron chi connectivity index (χ4n) is 6.99. The molecule has 1 aromatic heterocycles. The summed E-state index contributed by atoms with van der Waals surface area (Å²) in [5.41, 5.74) is 14.5. The number of aromatic nitrogens is 2. The first kappa shape index (κ1) is 35.9. The Bertz CT molecular complexity index is 2280. The van der Waals surface area contributed by atoms with Crippen LogP contribution in [0.15, 0.2) is 138 Å². The molecule has 4 nitrogen and oxygen atoms in total. The van der Waals surface area contributed by atoms with E-state index in [0.29, 0.717) is 6.67 Å². The van der Waals surface area contributed by atoms with E-state index in [4.69, 9.17) is 12.8 Å². The maximum absolute atomic E-state index is 7.12. The summed E-state index contributed by atoms with van der Waals surface area (Å²) in [4.78, 5) is 10.8. The molecule has 256 valence electrons. The molecule has 6 heteroatoms. The van der Waals surface area contributed by atoms with Gasteiger partial charge in [-0.3, -0.25) is 18.2 Å². The zero-order valence-electron chi connectivity index (χ0n) is 27.4. The Balaban J connectivity index is 0.000000131. The molecule has 2 heterocycles. The second-order valence-electron chi connectivity index (χ2n) is 12.4. The van der Waals surface area contributed by atoms with Gasteiger partial charge < -0.3 is 32.3 Å². The third kappa shape index (κ3) is 7.31. The van der Waals surface area contributed by atoms with Crippen LogP contribution in [0.4, 0.5) is 0 Å². The van der Waals surface area contributed by atoms with Crippen molar-refractivity contribution in [3.63, 3.8) is 0 Å². The maximum Gasteiger partial charge on any atom is 0.0540 e. The molecule has 4 aliphatic rings. The quantitative estimate of drug-likeness (QED) is 0.0994. The van der Waals surface area contributed by atoms with Crippen LogP contribution in [0.1, 0.15) is 33.4 Å². The van der Waals surface area contributed by atoms with Crippen LogP contribution in [0.3, 0.4) is 0 Å². The average molecular weight is 1020 g/mol. The van der Waals surface area contributed by atoms with E-state index in [9.17, 15) is 0 Å². The standard InChI is InChI=1S/C15H12N4.2C15H9.2Au/c1-3-7-14-12(5-1)16-9-18(14)11-19-10-17-13-6-2-4-8-15(13)19;2*1-2-11-7-8-15-13(9-11)10-12-5-3-4-6-14(12)15;;/h1-8,12,14H,11H2;2*3-9H,10H2;;/q-2;2*-1;;. The molecule has 6 aromatic rings. The fraction of sp³-hybridized carbons (Fsp3) is 0.111. The minimum atomic E-state index is 0. The number of aliphatic imine (C=N–C) groups is 1. The van der Waals surface area contributed by atoms with E-state index >= 15 is 0 Å². The molecule has 3 aliphatic carbocycles. The molecule has 10 rings (SSSR count). The Kier molecular flexibility index (Phi) is 11.3. The summed E-state index contributed by atoms with van der Waals surface area (Å²) < 4.78 is 2.01. The van der Waals surface area contributed by atoms with Crippen molar-refractivity contribution in [3.05, 3.63) is 186 Å². The van der Waals surface area contributed by atoms with E-state index in [1.807, 2.05) is 41.0 Å². The van der Waals surface area contributed by atoms with E-state index in [-0.39, 0.29) is 56.8 Å². The van der Waals surface area contributed by atoms with Crippen molar-refractivity contribution in [2.45, 2.75) is 31.6 Å². The van der Waals surface area contributed by atoms with Gasteiger partial charge in [0.25, 0.3) is 0 Å². The third-order valence-corrected chi connectivity index (χ3v) is 9.41. The zero-order valence-corrected chi connectivity index (χ0v) is 31.7. The van der Waals surface area contributed by atoms with Crippen LogP contribution in [0, 0.1) is 31.0 Å². The Labute approximate surface area is 331 Å². The second-order valence-corrected chi connectivity index (χ2v) is 12.4. The summed E-state index contributed by atoms with van der Waals surface area (Å²) in [5.74, 6) is 4.87. The zero-order chi connectivity index (χ0) is 33.2. The van der Waals surface area contributed by atoms with E-state index in [1.165, 1.54) is 44.5 Å². The van der Waals surface area contributed by atoms with Gasteiger partial charge in [0.15, 0.2) is 0 Å². The molecule has 0 saturated carbocycles. The number of hydrogen-bond donors (Lipinski definition) is 0. The van der Waals surface area contributed by atoms with Crippen LogP contribution in [0.25, 0.3) is 33.3 Å². The van der Waals surface area contributed by atoms with Crippen LogP contribution >= 0.6 is 0 Å². The Morgan fingerprint density at radius 2 is 1.20 bits per heavy atom. The third-order valence-electron chi connectivity index (χ3n) is 9.41. The van der Waals surface area contributed by atoms with Crippen molar-refractivity contribution in [2.75, 3.05) is 0 Å². The van der Waals surface area contributed by atoms with Crippen molar-refractivity contribution in [2.24, 2.45) is 4.99 Å². The van der Waals surface area contributed by atoms with Crippen molar-refractivity contribution < 1.29 is 44.8 Å². The summed E-state index contributed by atoms with van der Waals surface area (Å²) in [6, 6.07) is 37.7. The van der Waals surface area contributed by atoms with Crippen molar-refractivity contribution in [3.8, 4) is 34.1 Å². The van der Waals surface area contributed by atoms with Crippen molar-refractivity contribution in [1.82, 2.24) is 14.5 Å². The number of benzene rings is 5. The predicted molar refractivity (Wildman–Crippen MR) is 196 cm³/mol. The maximum atomic E-state index is 7.12. The molecule has 2 atom stereocenters. The van der Waals surface area contributed by atoms with Crippen LogP contribution in [0.5, 0.6) is 0 Å². The summed E-state index contributed by atoms with van der Waals surface area (Å²) in [5, 5.41) is 0. The van der Waals surface area contributed by atoms with Crippen LogP contribution < -0.4 is 0 Å². The molecule has 5 aromatic carbocycles. The van der Waals surface area contributed by atoms with E-state index in [0.717, 1.165) is 35.0 Å². The van der Waals surface area contributed by atoms with Gasteiger partial charge in [-0.15, -0.1) is 47.5 Å². The molecule has 2 unspecified atom stereocenters. The second kappa shape index (κ2) is 16.0. The van der Waals surface area contributed by atoms with E-state index < -0.39 is 0 Å². The van der Waals surface area contributed by atoms with Crippen LogP contribution in [0.2, 0.25) is 0 Å². The number of rotatable bonds is 2. The summed E-state index contributed by atoms with van der Waals surface area (Å²) in [6.07, 6.45) is 30.7. The van der Waals surface area contributed by atoms with Gasteiger partial charge in [-0.2, -0.15) is 0 Å². The molecular weight excluding hydrogens is 990 g/mol. The predicted octanol–water partition coefficient (Wildman–Crippen LogP) is 8.26. The molecular formula is C45H30Au2N4-4. The van der Waals surface area contributed by atoms with Gasteiger partial charge in [0, 0.05) is 63.8 Å². The van der Waals surface area contributed by atoms with E-state index in [2.05, 4.69) is 136 Å². The first-order valence-electron chi connectivity index (χ1n) is 16.4. The fourth-order valence-corrected chi connectivity index (χ4v) is 6.99. The van der Waals surface area contributed by atoms with Gasteiger partial charge in [0.2, 0.25) is 0 Å². The van der Waals surface area contributed by atoms with E-state index in [1.54, 1.807) is 0 Å².